The Balaban J connectivity index is 1.60. The number of piperidine rings is 1. The van der Waals surface area contributed by atoms with Crippen LogP contribution in [-0.2, 0) is 6.54 Å². The van der Waals surface area contributed by atoms with Gasteiger partial charge in [-0.25, -0.2) is 8.78 Å². The summed E-state index contributed by atoms with van der Waals surface area (Å²) < 4.78 is 29.7. The number of rotatable bonds is 3. The maximum atomic E-state index is 14.0. The molecule has 0 radical (unpaired) electrons. The fraction of sp³-hybridized carbons (Fsp3) is 0.389. The average molecular weight is 343 g/mol. The number of hydrogen-bond donors (Lipinski definition) is 0. The van der Waals surface area contributed by atoms with Crippen molar-refractivity contribution in [2.24, 2.45) is 0 Å². The van der Waals surface area contributed by atoms with Crippen LogP contribution in [-0.4, -0.2) is 32.8 Å². The Labute approximate surface area is 144 Å². The zero-order valence-corrected chi connectivity index (χ0v) is 14.0. The molecule has 0 aliphatic carbocycles. The van der Waals surface area contributed by atoms with Crippen molar-refractivity contribution in [3.05, 3.63) is 48.2 Å². The highest BCUT2D eigenvalue weighted by Gasteiger charge is 2.25. The van der Waals surface area contributed by atoms with Gasteiger partial charge in [0.1, 0.15) is 23.5 Å². The van der Waals surface area contributed by atoms with Gasteiger partial charge in [0.15, 0.2) is 5.82 Å². The second kappa shape index (κ2) is 6.38. The smallest absolute Gasteiger partial charge is 0.152 e. The maximum Gasteiger partial charge on any atom is 0.152 e. The summed E-state index contributed by atoms with van der Waals surface area (Å²) in [6.07, 6.45) is 5.21. The highest BCUT2D eigenvalue weighted by atomic mass is 19.1. The minimum absolute atomic E-state index is 0.215. The molecular formula is C18H19F2N5. The minimum atomic E-state index is -0.622. The van der Waals surface area contributed by atoms with Gasteiger partial charge in [-0.2, -0.15) is 0 Å². The molecule has 0 unspecified atom stereocenters. The number of nitrogens with zero attached hydrogens (tertiary/aromatic N) is 5. The summed E-state index contributed by atoms with van der Waals surface area (Å²) in [5.74, 6) is 0.187. The van der Waals surface area contributed by atoms with E-state index in [4.69, 9.17) is 0 Å². The molecule has 1 saturated heterocycles. The molecule has 0 amide bonds. The third-order valence-electron chi connectivity index (χ3n) is 4.93. The second-order valence-corrected chi connectivity index (χ2v) is 6.35. The summed E-state index contributed by atoms with van der Waals surface area (Å²) in [5.41, 5.74) is 1.05. The number of aryl methyl sites for hydroxylation is 1. The van der Waals surface area contributed by atoms with Crippen molar-refractivity contribution in [1.29, 1.82) is 0 Å². The fourth-order valence-corrected chi connectivity index (χ4v) is 3.64. The SMILES string of the molecule is CCn1cnnc1C1CCN(c2ccnc3c(F)cc(F)cc23)CC1. The van der Waals surface area contributed by atoms with Crippen molar-refractivity contribution in [2.45, 2.75) is 32.2 Å². The zero-order chi connectivity index (χ0) is 17.4. The largest absolute Gasteiger partial charge is 0.371 e. The Hall–Kier alpha value is -2.57. The molecule has 25 heavy (non-hydrogen) atoms. The highest BCUT2D eigenvalue weighted by molar-refractivity contribution is 5.92. The molecule has 1 aliphatic heterocycles. The molecule has 0 saturated carbocycles. The van der Waals surface area contributed by atoms with Crippen LogP contribution in [0.1, 0.15) is 31.5 Å². The van der Waals surface area contributed by atoms with Crippen molar-refractivity contribution < 1.29 is 8.78 Å². The monoisotopic (exact) mass is 343 g/mol. The van der Waals surface area contributed by atoms with E-state index in [0.29, 0.717) is 11.3 Å². The van der Waals surface area contributed by atoms with Gasteiger partial charge in [0.2, 0.25) is 0 Å². The van der Waals surface area contributed by atoms with Gasteiger partial charge in [-0.05, 0) is 31.9 Å². The molecule has 0 N–H and O–H groups in total. The summed E-state index contributed by atoms with van der Waals surface area (Å²) in [5, 5.41) is 8.80. The number of pyridine rings is 1. The lowest BCUT2D eigenvalue weighted by Gasteiger charge is -2.33. The molecule has 3 heterocycles. The van der Waals surface area contributed by atoms with E-state index < -0.39 is 11.6 Å². The standard InChI is InChI=1S/C18H19F2N5/c1-2-24-11-22-23-18(24)12-4-7-25(8-5-12)16-3-6-21-17-14(16)9-13(19)10-15(17)20/h3,6,9-12H,2,4-5,7-8H2,1H3. The van der Waals surface area contributed by atoms with Gasteiger partial charge in [0.25, 0.3) is 0 Å². The van der Waals surface area contributed by atoms with Crippen molar-refractivity contribution in [3.63, 3.8) is 0 Å². The van der Waals surface area contributed by atoms with E-state index in [9.17, 15) is 8.78 Å². The Morgan fingerprint density at radius 1 is 1.20 bits per heavy atom. The molecule has 5 nitrogen and oxygen atoms in total. The lowest BCUT2D eigenvalue weighted by Crippen LogP contribution is -2.33. The number of fused-ring (bicyclic) bond motifs is 1. The van der Waals surface area contributed by atoms with Crippen LogP contribution in [0.4, 0.5) is 14.5 Å². The highest BCUT2D eigenvalue weighted by Crippen LogP contribution is 2.33. The van der Waals surface area contributed by atoms with E-state index >= 15 is 0 Å². The average Bonchev–Trinajstić information content (AvgIpc) is 3.10. The molecule has 1 fully saturated rings. The molecule has 7 heteroatoms. The molecular weight excluding hydrogens is 324 g/mol. The van der Waals surface area contributed by atoms with Gasteiger partial charge in [-0.1, -0.05) is 0 Å². The molecule has 130 valence electrons. The second-order valence-electron chi connectivity index (χ2n) is 6.35. The topological polar surface area (TPSA) is 46.8 Å². The van der Waals surface area contributed by atoms with Crippen LogP contribution in [0, 0.1) is 11.6 Å². The molecule has 0 bridgehead atoms. The first kappa shape index (κ1) is 15.9. The molecule has 1 aliphatic rings. The van der Waals surface area contributed by atoms with Gasteiger partial charge in [-0.3, -0.25) is 4.98 Å². The first-order chi connectivity index (χ1) is 12.2. The van der Waals surface area contributed by atoms with E-state index in [1.807, 2.05) is 6.07 Å². The third-order valence-corrected chi connectivity index (χ3v) is 4.93. The van der Waals surface area contributed by atoms with Crippen LogP contribution in [0.15, 0.2) is 30.7 Å². The van der Waals surface area contributed by atoms with Crippen molar-refractivity contribution in [1.82, 2.24) is 19.7 Å². The normalized spacial score (nSPS) is 15.9. The number of halogens is 2. The van der Waals surface area contributed by atoms with Crippen molar-refractivity contribution >= 4 is 16.6 Å². The van der Waals surface area contributed by atoms with E-state index in [1.54, 1.807) is 12.5 Å². The summed E-state index contributed by atoms with van der Waals surface area (Å²) in [7, 11) is 0. The summed E-state index contributed by atoms with van der Waals surface area (Å²) in [4.78, 5) is 6.24. The van der Waals surface area contributed by atoms with Crippen LogP contribution in [0.2, 0.25) is 0 Å². The molecule has 2 aromatic heterocycles. The lowest BCUT2D eigenvalue weighted by molar-refractivity contribution is 0.467. The Kier molecular flexibility index (Phi) is 4.07. The van der Waals surface area contributed by atoms with E-state index in [1.165, 1.54) is 6.07 Å². The van der Waals surface area contributed by atoms with E-state index in [-0.39, 0.29) is 5.52 Å². The molecule has 3 aromatic rings. The van der Waals surface area contributed by atoms with E-state index in [2.05, 4.69) is 31.6 Å². The molecule has 0 spiro atoms. The van der Waals surface area contributed by atoms with Crippen LogP contribution >= 0.6 is 0 Å². The maximum absolute atomic E-state index is 14.0. The van der Waals surface area contributed by atoms with Crippen molar-refractivity contribution in [3.8, 4) is 0 Å². The number of anilines is 1. The Bertz CT molecular complexity index is 900. The van der Waals surface area contributed by atoms with Gasteiger partial charge in [0.05, 0.1) is 0 Å². The molecule has 0 atom stereocenters. The Morgan fingerprint density at radius 3 is 2.76 bits per heavy atom. The van der Waals surface area contributed by atoms with E-state index in [0.717, 1.165) is 50.1 Å². The quantitative estimate of drug-likeness (QED) is 0.730. The van der Waals surface area contributed by atoms with Gasteiger partial charge < -0.3 is 9.47 Å². The van der Waals surface area contributed by atoms with Gasteiger partial charge in [0, 0.05) is 48.9 Å². The Morgan fingerprint density at radius 2 is 2.00 bits per heavy atom. The molecule has 4 rings (SSSR count). The van der Waals surface area contributed by atoms with Crippen LogP contribution in [0.5, 0.6) is 0 Å². The minimum Gasteiger partial charge on any atom is -0.371 e. The van der Waals surface area contributed by atoms with Crippen LogP contribution in [0.3, 0.4) is 0 Å². The third kappa shape index (κ3) is 2.83. The number of hydrogen-bond acceptors (Lipinski definition) is 4. The van der Waals surface area contributed by atoms with Gasteiger partial charge in [-0.15, -0.1) is 10.2 Å². The first-order valence-electron chi connectivity index (χ1n) is 8.53. The summed E-state index contributed by atoms with van der Waals surface area (Å²) in [6.45, 7) is 4.54. The van der Waals surface area contributed by atoms with Crippen molar-refractivity contribution in [2.75, 3.05) is 18.0 Å². The predicted octanol–water partition coefficient (Wildman–Crippen LogP) is 3.51. The molecule has 1 aromatic carbocycles. The zero-order valence-electron chi connectivity index (χ0n) is 14.0. The number of benzene rings is 1. The van der Waals surface area contributed by atoms with Gasteiger partial charge >= 0.3 is 0 Å². The summed E-state index contributed by atoms with van der Waals surface area (Å²) >= 11 is 0. The fourth-order valence-electron chi connectivity index (χ4n) is 3.64. The number of aromatic nitrogens is 4. The summed E-state index contributed by atoms with van der Waals surface area (Å²) in [6, 6.07) is 4.07. The first-order valence-corrected chi connectivity index (χ1v) is 8.53. The van der Waals surface area contributed by atoms with Crippen LogP contribution in [0.25, 0.3) is 10.9 Å². The predicted molar refractivity (Wildman–Crippen MR) is 91.5 cm³/mol. The lowest BCUT2D eigenvalue weighted by atomic mass is 9.95. The van der Waals surface area contributed by atoms with Crippen LogP contribution < -0.4 is 4.90 Å².